The Hall–Kier alpha value is -0.380. The molecule has 0 aliphatic carbocycles. The highest BCUT2D eigenvalue weighted by Crippen LogP contribution is 2.21. The summed E-state index contributed by atoms with van der Waals surface area (Å²) in [5.41, 5.74) is -5.65. The number of hydrogen-bond donors (Lipinski definition) is 0. The predicted octanol–water partition coefficient (Wildman–Crippen LogP) is 1.27. The molecule has 0 aromatic carbocycles. The summed E-state index contributed by atoms with van der Waals surface area (Å²) in [7, 11) is -2.01. The SMILES string of the molecule is COC(C)[N+]1(C)CCCC1.O=S(=O)([O-])C(F)(F)F. The van der Waals surface area contributed by atoms with Crippen LogP contribution in [0.2, 0.25) is 0 Å². The minimum atomic E-state index is -6.09. The molecule has 110 valence electrons. The van der Waals surface area contributed by atoms with E-state index in [1.807, 2.05) is 0 Å². The van der Waals surface area contributed by atoms with Gasteiger partial charge in [0.25, 0.3) is 0 Å². The standard InChI is InChI=1S/C8H18NO.CHF3O3S/c1-8(10-3)9(2)6-4-5-7-9;2-1(3,4)8(5,6)7/h8H,4-7H2,1-3H3;(H,5,6,7)/q+1;/p-1. The lowest BCUT2D eigenvalue weighted by molar-refractivity contribution is -0.941. The first-order chi connectivity index (χ1) is 7.94. The quantitative estimate of drug-likeness (QED) is 0.437. The van der Waals surface area contributed by atoms with Crippen LogP contribution in [0.25, 0.3) is 0 Å². The van der Waals surface area contributed by atoms with Gasteiger partial charge < -0.3 is 13.8 Å². The topological polar surface area (TPSA) is 66.4 Å². The Morgan fingerprint density at radius 2 is 1.61 bits per heavy atom. The number of hydrogen-bond acceptors (Lipinski definition) is 4. The van der Waals surface area contributed by atoms with Gasteiger partial charge in [0.2, 0.25) is 0 Å². The van der Waals surface area contributed by atoms with Crippen molar-refractivity contribution in [3.63, 3.8) is 0 Å². The number of alkyl halides is 3. The molecule has 1 aliphatic heterocycles. The van der Waals surface area contributed by atoms with Gasteiger partial charge in [-0.2, -0.15) is 13.2 Å². The number of ether oxygens (including phenoxy) is 1. The summed E-state index contributed by atoms with van der Waals surface area (Å²) < 4.78 is 65.3. The molecular weight excluding hydrogens is 275 g/mol. The molecule has 1 fully saturated rings. The Morgan fingerprint density at radius 3 is 1.83 bits per heavy atom. The minimum absolute atomic E-state index is 0.377. The average molecular weight is 293 g/mol. The molecule has 1 unspecified atom stereocenters. The van der Waals surface area contributed by atoms with Crippen molar-refractivity contribution in [2.45, 2.75) is 31.5 Å². The van der Waals surface area contributed by atoms with Gasteiger partial charge in [0, 0.05) is 26.9 Å². The van der Waals surface area contributed by atoms with Crippen LogP contribution in [-0.2, 0) is 14.9 Å². The molecular formula is C9H18F3NO4S. The average Bonchev–Trinajstić information content (AvgIpc) is 2.63. The van der Waals surface area contributed by atoms with E-state index in [1.54, 1.807) is 7.11 Å². The molecule has 1 aliphatic rings. The number of methoxy groups -OCH3 is 1. The van der Waals surface area contributed by atoms with Crippen LogP contribution in [0.1, 0.15) is 19.8 Å². The lowest BCUT2D eigenvalue weighted by Crippen LogP contribution is -2.49. The molecule has 0 radical (unpaired) electrons. The maximum absolute atomic E-state index is 10.7. The van der Waals surface area contributed by atoms with Crippen LogP contribution in [0.15, 0.2) is 0 Å². The second-order valence-corrected chi connectivity index (χ2v) is 5.74. The molecule has 1 heterocycles. The maximum Gasteiger partial charge on any atom is 0.485 e. The lowest BCUT2D eigenvalue weighted by atomic mass is 10.4. The summed E-state index contributed by atoms with van der Waals surface area (Å²) in [4.78, 5) is 0. The van der Waals surface area contributed by atoms with Crippen molar-refractivity contribution in [1.82, 2.24) is 0 Å². The molecule has 0 N–H and O–H groups in total. The van der Waals surface area contributed by atoms with Crippen LogP contribution >= 0.6 is 0 Å². The predicted molar refractivity (Wildman–Crippen MR) is 57.4 cm³/mol. The second-order valence-electron chi connectivity index (χ2n) is 4.37. The van der Waals surface area contributed by atoms with E-state index in [-0.39, 0.29) is 0 Å². The largest absolute Gasteiger partial charge is 0.741 e. The zero-order chi connectivity index (χ0) is 14.6. The highest BCUT2D eigenvalue weighted by Gasteiger charge is 2.37. The van der Waals surface area contributed by atoms with Crippen molar-refractivity contribution < 1.29 is 35.4 Å². The fourth-order valence-electron chi connectivity index (χ4n) is 1.68. The van der Waals surface area contributed by atoms with E-state index in [2.05, 4.69) is 14.0 Å². The third-order valence-electron chi connectivity index (χ3n) is 3.09. The third-order valence-corrected chi connectivity index (χ3v) is 3.66. The monoisotopic (exact) mass is 293 g/mol. The normalized spacial score (nSPS) is 21.1. The first kappa shape index (κ1) is 17.6. The van der Waals surface area contributed by atoms with Gasteiger partial charge in [-0.3, -0.25) is 0 Å². The molecule has 18 heavy (non-hydrogen) atoms. The van der Waals surface area contributed by atoms with E-state index in [9.17, 15) is 13.2 Å². The molecule has 0 saturated carbocycles. The number of halogens is 3. The molecule has 0 bridgehead atoms. The first-order valence-electron chi connectivity index (χ1n) is 5.33. The van der Waals surface area contributed by atoms with E-state index in [0.717, 1.165) is 4.48 Å². The second kappa shape index (κ2) is 6.18. The minimum Gasteiger partial charge on any atom is -0.741 e. The molecule has 0 aromatic heterocycles. The van der Waals surface area contributed by atoms with Gasteiger partial charge in [-0.05, 0) is 0 Å². The fourth-order valence-corrected chi connectivity index (χ4v) is 1.68. The molecule has 1 saturated heterocycles. The van der Waals surface area contributed by atoms with Crippen LogP contribution in [0.5, 0.6) is 0 Å². The van der Waals surface area contributed by atoms with Gasteiger partial charge in [0.15, 0.2) is 16.3 Å². The van der Waals surface area contributed by atoms with Gasteiger partial charge in [-0.25, -0.2) is 8.42 Å². The zero-order valence-corrected chi connectivity index (χ0v) is 11.3. The Morgan fingerprint density at radius 1 is 1.28 bits per heavy atom. The van der Waals surface area contributed by atoms with Crippen molar-refractivity contribution >= 4 is 10.1 Å². The zero-order valence-electron chi connectivity index (χ0n) is 10.5. The highest BCUT2D eigenvalue weighted by atomic mass is 32.2. The smallest absolute Gasteiger partial charge is 0.485 e. The third kappa shape index (κ3) is 5.09. The van der Waals surface area contributed by atoms with Gasteiger partial charge >= 0.3 is 5.51 Å². The number of rotatable bonds is 2. The molecule has 1 atom stereocenters. The molecule has 0 aromatic rings. The van der Waals surface area contributed by atoms with Crippen LogP contribution in [0.4, 0.5) is 13.2 Å². The van der Waals surface area contributed by atoms with E-state index >= 15 is 0 Å². The van der Waals surface area contributed by atoms with Crippen molar-refractivity contribution in [3.05, 3.63) is 0 Å². The van der Waals surface area contributed by atoms with Crippen LogP contribution < -0.4 is 0 Å². The molecule has 1 rings (SSSR count). The number of likely N-dealkylation sites (tertiary alicyclic amines) is 1. The van der Waals surface area contributed by atoms with Gasteiger partial charge in [0.1, 0.15) is 0 Å². The first-order valence-corrected chi connectivity index (χ1v) is 6.74. The van der Waals surface area contributed by atoms with Gasteiger partial charge in [0.05, 0.1) is 20.1 Å². The Kier molecular flexibility index (Phi) is 6.05. The van der Waals surface area contributed by atoms with Crippen molar-refractivity contribution in [3.8, 4) is 0 Å². The van der Waals surface area contributed by atoms with E-state index < -0.39 is 15.6 Å². The molecule has 0 spiro atoms. The summed E-state index contributed by atoms with van der Waals surface area (Å²) in [5.74, 6) is 0. The molecule has 9 heteroatoms. The summed E-state index contributed by atoms with van der Waals surface area (Å²) in [6, 6.07) is 0. The Bertz CT molecular complexity index is 349. The van der Waals surface area contributed by atoms with Crippen molar-refractivity contribution in [2.75, 3.05) is 27.2 Å². The van der Waals surface area contributed by atoms with Crippen molar-refractivity contribution in [2.24, 2.45) is 0 Å². The summed E-state index contributed by atoms with van der Waals surface area (Å²) in [5, 5.41) is 0. The van der Waals surface area contributed by atoms with E-state index in [1.165, 1.54) is 25.9 Å². The molecule has 5 nitrogen and oxygen atoms in total. The Labute approximate surface area is 105 Å². The lowest BCUT2D eigenvalue weighted by Gasteiger charge is -2.34. The number of quaternary nitrogens is 1. The highest BCUT2D eigenvalue weighted by molar-refractivity contribution is 7.86. The van der Waals surface area contributed by atoms with Crippen LogP contribution in [-0.4, -0.2) is 56.4 Å². The van der Waals surface area contributed by atoms with E-state index in [0.29, 0.717) is 6.23 Å². The van der Waals surface area contributed by atoms with Crippen LogP contribution in [0, 0.1) is 0 Å². The number of nitrogens with zero attached hydrogens (tertiary/aromatic N) is 1. The molecule has 0 amide bonds. The van der Waals surface area contributed by atoms with Gasteiger partial charge in [-0.1, -0.05) is 0 Å². The summed E-state index contributed by atoms with van der Waals surface area (Å²) in [6.07, 6.45) is 3.11. The summed E-state index contributed by atoms with van der Waals surface area (Å²) in [6.45, 7) is 4.73. The van der Waals surface area contributed by atoms with E-state index in [4.69, 9.17) is 17.7 Å². The van der Waals surface area contributed by atoms with Gasteiger partial charge in [-0.15, -0.1) is 0 Å². The summed E-state index contributed by atoms with van der Waals surface area (Å²) >= 11 is 0. The Balaban J connectivity index is 0.000000331. The van der Waals surface area contributed by atoms with Crippen LogP contribution in [0.3, 0.4) is 0 Å². The maximum atomic E-state index is 10.7. The fraction of sp³-hybridized carbons (Fsp3) is 1.00. The van der Waals surface area contributed by atoms with Crippen molar-refractivity contribution in [1.29, 1.82) is 0 Å².